The molecule has 1 atom stereocenters. The van der Waals surface area contributed by atoms with Crippen molar-refractivity contribution in [3.05, 3.63) is 24.3 Å². The van der Waals surface area contributed by atoms with E-state index in [-0.39, 0.29) is 19.0 Å². The van der Waals surface area contributed by atoms with Gasteiger partial charge in [-0.15, -0.1) is 0 Å². The summed E-state index contributed by atoms with van der Waals surface area (Å²) in [6.45, 7) is 14.2. The van der Waals surface area contributed by atoms with E-state index in [2.05, 4.69) is 13.2 Å². The zero-order valence-electron chi connectivity index (χ0n) is 11.7. The van der Waals surface area contributed by atoms with Crippen molar-refractivity contribution in [3.8, 4) is 0 Å². The predicted molar refractivity (Wildman–Crippen MR) is 70.2 cm³/mol. The van der Waals surface area contributed by atoms with Crippen molar-refractivity contribution in [1.29, 1.82) is 0 Å². The highest BCUT2D eigenvalue weighted by molar-refractivity contribution is 6.00. The fraction of sp³-hybridized carbons (Fsp3) is 0.571. The first-order chi connectivity index (χ1) is 8.24. The van der Waals surface area contributed by atoms with Crippen LogP contribution in [0, 0.1) is 0 Å². The van der Waals surface area contributed by atoms with E-state index in [1.165, 1.54) is 0 Å². The lowest BCUT2D eigenvalue weighted by molar-refractivity contribution is -0.147. The van der Waals surface area contributed by atoms with E-state index in [0.29, 0.717) is 17.6 Å². The number of esters is 1. The Kier molecular flexibility index (Phi) is 6.55. The summed E-state index contributed by atoms with van der Waals surface area (Å²) in [5.74, 6) is -0.584. The monoisotopic (exact) mass is 254 g/mol. The minimum Gasteiger partial charge on any atom is -0.460 e. The second-order valence-electron chi connectivity index (χ2n) is 4.46. The van der Waals surface area contributed by atoms with Gasteiger partial charge in [-0.25, -0.2) is 4.79 Å². The Morgan fingerprint density at radius 3 is 2.06 bits per heavy atom. The Bertz CT molecular complexity index is 357. The fourth-order valence-electron chi connectivity index (χ4n) is 1.30. The van der Waals surface area contributed by atoms with Crippen LogP contribution in [0.2, 0.25) is 0 Å². The maximum atomic E-state index is 11.9. The molecular weight excluding hydrogens is 232 g/mol. The van der Waals surface area contributed by atoms with Crippen LogP contribution in [0.5, 0.6) is 0 Å². The van der Waals surface area contributed by atoms with Gasteiger partial charge in [0.05, 0.1) is 6.61 Å². The lowest BCUT2D eigenvalue weighted by Crippen LogP contribution is -2.39. The number of carbonyl (C=O) groups is 2. The first-order valence-electron chi connectivity index (χ1n) is 5.91. The maximum absolute atomic E-state index is 11.9. The largest absolute Gasteiger partial charge is 0.460 e. The Labute approximate surface area is 109 Å². The normalized spacial score (nSPS) is 13.6. The summed E-state index contributed by atoms with van der Waals surface area (Å²) in [7, 11) is 0. The number of hydrogen-bond acceptors (Lipinski definition) is 4. The molecule has 0 aromatic rings. The number of carbonyl (C=O) groups excluding carboxylic acids is 2. The van der Waals surface area contributed by atoms with Crippen molar-refractivity contribution in [2.75, 3.05) is 13.2 Å². The lowest BCUT2D eigenvalue weighted by Gasteiger charge is -2.27. The minimum atomic E-state index is -0.901. The van der Waals surface area contributed by atoms with E-state index in [9.17, 15) is 9.59 Å². The molecule has 0 saturated heterocycles. The van der Waals surface area contributed by atoms with Crippen LogP contribution < -0.4 is 0 Å². The zero-order valence-corrected chi connectivity index (χ0v) is 11.7. The Balaban J connectivity index is 4.24. The van der Waals surface area contributed by atoms with Gasteiger partial charge in [-0.2, -0.15) is 0 Å². The van der Waals surface area contributed by atoms with Crippen molar-refractivity contribution in [1.82, 2.24) is 0 Å². The van der Waals surface area contributed by atoms with Crippen LogP contribution >= 0.6 is 0 Å². The molecule has 0 fully saturated rings. The molecule has 0 saturated carbocycles. The highest BCUT2D eigenvalue weighted by Gasteiger charge is 2.32. The van der Waals surface area contributed by atoms with Crippen molar-refractivity contribution in [2.45, 2.75) is 39.7 Å². The van der Waals surface area contributed by atoms with Crippen LogP contribution in [-0.2, 0) is 19.1 Å². The summed E-state index contributed by atoms with van der Waals surface area (Å²) >= 11 is 0. The molecule has 0 rings (SSSR count). The molecule has 0 heterocycles. The summed E-state index contributed by atoms with van der Waals surface area (Å²) in [5.41, 5.74) is -0.105. The molecule has 0 aliphatic heterocycles. The van der Waals surface area contributed by atoms with Gasteiger partial charge < -0.3 is 9.47 Å². The average molecular weight is 254 g/mol. The molecular formula is C14H22O4. The minimum absolute atomic E-state index is 0.102. The van der Waals surface area contributed by atoms with Gasteiger partial charge in [0.2, 0.25) is 0 Å². The average Bonchev–Trinajstić information content (AvgIpc) is 2.32. The van der Waals surface area contributed by atoms with Gasteiger partial charge in [0, 0.05) is 5.57 Å². The second-order valence-corrected chi connectivity index (χ2v) is 4.46. The standard InChI is InChI=1S/C14H22O4/c1-7-14(6,12(15)10(2)3)18-9-8-17-13(16)11(4)5/h2,4,7-9H2,1,3,5-6H3. The third-order valence-electron chi connectivity index (χ3n) is 2.63. The van der Waals surface area contributed by atoms with E-state index in [0.717, 1.165) is 0 Å². The van der Waals surface area contributed by atoms with Crippen LogP contribution in [0.1, 0.15) is 34.1 Å². The molecule has 18 heavy (non-hydrogen) atoms. The second kappa shape index (κ2) is 7.11. The summed E-state index contributed by atoms with van der Waals surface area (Å²) < 4.78 is 10.4. The molecule has 1 unspecified atom stereocenters. The number of rotatable bonds is 8. The molecule has 102 valence electrons. The molecule has 0 bridgehead atoms. The summed E-state index contributed by atoms with van der Waals surface area (Å²) in [6, 6.07) is 0. The summed E-state index contributed by atoms with van der Waals surface area (Å²) in [4.78, 5) is 23.0. The van der Waals surface area contributed by atoms with Gasteiger partial charge in [0.15, 0.2) is 5.78 Å². The van der Waals surface area contributed by atoms with E-state index < -0.39 is 11.6 Å². The van der Waals surface area contributed by atoms with Gasteiger partial charge in [-0.05, 0) is 32.8 Å². The van der Waals surface area contributed by atoms with Crippen molar-refractivity contribution in [3.63, 3.8) is 0 Å². The maximum Gasteiger partial charge on any atom is 0.333 e. The number of ether oxygens (including phenoxy) is 2. The Morgan fingerprint density at radius 1 is 1.11 bits per heavy atom. The van der Waals surface area contributed by atoms with Gasteiger partial charge in [0.1, 0.15) is 12.2 Å². The third-order valence-corrected chi connectivity index (χ3v) is 2.63. The molecule has 0 amide bonds. The molecule has 4 nitrogen and oxygen atoms in total. The van der Waals surface area contributed by atoms with Gasteiger partial charge in [-0.1, -0.05) is 20.1 Å². The highest BCUT2D eigenvalue weighted by Crippen LogP contribution is 2.20. The highest BCUT2D eigenvalue weighted by atomic mass is 16.6. The van der Waals surface area contributed by atoms with Crippen LogP contribution in [-0.4, -0.2) is 30.6 Å². The first-order valence-corrected chi connectivity index (χ1v) is 5.91. The SMILES string of the molecule is C=C(C)C(=O)OCCOC(C)(CC)C(=O)C(=C)C. The quantitative estimate of drug-likeness (QED) is 0.379. The van der Waals surface area contributed by atoms with Crippen molar-refractivity contribution < 1.29 is 19.1 Å². The smallest absolute Gasteiger partial charge is 0.333 e. The molecule has 0 aliphatic carbocycles. The van der Waals surface area contributed by atoms with Crippen LogP contribution in [0.25, 0.3) is 0 Å². The predicted octanol–water partition coefficient (Wildman–Crippen LogP) is 2.44. The van der Waals surface area contributed by atoms with Crippen molar-refractivity contribution in [2.24, 2.45) is 0 Å². The number of ketones is 1. The van der Waals surface area contributed by atoms with Crippen molar-refractivity contribution >= 4 is 11.8 Å². The van der Waals surface area contributed by atoms with E-state index in [4.69, 9.17) is 9.47 Å². The topological polar surface area (TPSA) is 52.6 Å². The fourth-order valence-corrected chi connectivity index (χ4v) is 1.30. The Morgan fingerprint density at radius 2 is 1.67 bits per heavy atom. The molecule has 0 aromatic carbocycles. The van der Waals surface area contributed by atoms with Crippen LogP contribution in [0.15, 0.2) is 24.3 Å². The van der Waals surface area contributed by atoms with Crippen LogP contribution in [0.4, 0.5) is 0 Å². The summed E-state index contributed by atoms with van der Waals surface area (Å²) in [6.07, 6.45) is 0.535. The molecule has 0 spiro atoms. The molecule has 0 radical (unpaired) electrons. The number of hydrogen-bond donors (Lipinski definition) is 0. The molecule has 0 N–H and O–H groups in total. The van der Waals surface area contributed by atoms with E-state index in [1.807, 2.05) is 6.92 Å². The third kappa shape index (κ3) is 4.84. The Hall–Kier alpha value is -1.42. The number of Topliss-reactive ketones (excluding diaryl/α,β-unsaturated/α-hetero) is 1. The molecule has 4 heteroatoms. The summed E-state index contributed by atoms with van der Waals surface area (Å²) in [5, 5.41) is 0. The van der Waals surface area contributed by atoms with Gasteiger partial charge in [0.25, 0.3) is 0 Å². The first kappa shape index (κ1) is 16.6. The molecule has 0 aromatic heterocycles. The van der Waals surface area contributed by atoms with E-state index in [1.54, 1.807) is 20.8 Å². The van der Waals surface area contributed by atoms with E-state index >= 15 is 0 Å². The zero-order chi connectivity index (χ0) is 14.3. The van der Waals surface area contributed by atoms with Gasteiger partial charge in [-0.3, -0.25) is 4.79 Å². The lowest BCUT2D eigenvalue weighted by atomic mass is 9.93. The molecule has 0 aliphatic rings. The van der Waals surface area contributed by atoms with Gasteiger partial charge >= 0.3 is 5.97 Å². The van der Waals surface area contributed by atoms with Crippen LogP contribution in [0.3, 0.4) is 0 Å².